The summed E-state index contributed by atoms with van der Waals surface area (Å²) >= 11 is 1.19. The highest BCUT2D eigenvalue weighted by Gasteiger charge is 2.04. The maximum Gasteiger partial charge on any atom is 0.133 e. The van der Waals surface area contributed by atoms with E-state index in [4.69, 9.17) is 14.7 Å². The Morgan fingerprint density at radius 1 is 1.36 bits per heavy atom. The summed E-state index contributed by atoms with van der Waals surface area (Å²) in [6, 6.07) is 5.57. The molecule has 0 fully saturated rings. The molecule has 0 aliphatic rings. The van der Waals surface area contributed by atoms with Gasteiger partial charge in [-0.25, -0.2) is 0 Å². The van der Waals surface area contributed by atoms with Gasteiger partial charge in [-0.3, -0.25) is 0 Å². The van der Waals surface area contributed by atoms with Crippen molar-refractivity contribution in [1.82, 2.24) is 0 Å². The number of hydrogen-bond acceptors (Lipinski definition) is 4. The molecule has 1 rings (SSSR count). The van der Waals surface area contributed by atoms with Crippen LogP contribution in [0.4, 0.5) is 0 Å². The molecule has 0 radical (unpaired) electrons. The van der Waals surface area contributed by atoms with Gasteiger partial charge < -0.3 is 9.47 Å². The smallest absolute Gasteiger partial charge is 0.133 e. The third-order valence-corrected chi connectivity index (χ3v) is 2.37. The summed E-state index contributed by atoms with van der Waals surface area (Å²) < 4.78 is 10.2. The molecule has 0 N–H and O–H groups in total. The van der Waals surface area contributed by atoms with Crippen LogP contribution in [0.3, 0.4) is 0 Å². The fourth-order valence-corrected chi connectivity index (χ4v) is 1.54. The van der Waals surface area contributed by atoms with Crippen molar-refractivity contribution >= 4 is 11.8 Å². The zero-order chi connectivity index (χ0) is 10.4. The topological polar surface area (TPSA) is 42.2 Å². The van der Waals surface area contributed by atoms with Crippen LogP contribution >= 0.6 is 11.8 Å². The predicted octanol–water partition coefficient (Wildman–Crippen LogP) is 2.42. The van der Waals surface area contributed by atoms with Crippen LogP contribution in [0, 0.1) is 10.7 Å². The van der Waals surface area contributed by atoms with Crippen LogP contribution in [0.1, 0.15) is 5.56 Å². The fraction of sp³-hybridized carbons (Fsp3) is 0.300. The highest BCUT2D eigenvalue weighted by molar-refractivity contribution is 8.02. The molecule has 0 aromatic heterocycles. The maximum atomic E-state index is 8.44. The van der Waals surface area contributed by atoms with Crippen molar-refractivity contribution in [2.24, 2.45) is 0 Å². The van der Waals surface area contributed by atoms with Gasteiger partial charge in [-0.05, 0) is 17.8 Å². The van der Waals surface area contributed by atoms with Crippen LogP contribution < -0.4 is 9.47 Å². The van der Waals surface area contributed by atoms with Crippen molar-refractivity contribution in [3.63, 3.8) is 0 Å². The number of benzene rings is 1. The van der Waals surface area contributed by atoms with Gasteiger partial charge in [0.05, 0.1) is 14.2 Å². The first kappa shape index (κ1) is 10.7. The third-order valence-electron chi connectivity index (χ3n) is 1.79. The van der Waals surface area contributed by atoms with E-state index in [1.54, 1.807) is 14.2 Å². The molecule has 0 bridgehead atoms. The van der Waals surface area contributed by atoms with Crippen molar-refractivity contribution in [3.05, 3.63) is 23.8 Å². The van der Waals surface area contributed by atoms with Crippen molar-refractivity contribution in [2.45, 2.75) is 5.75 Å². The largest absolute Gasteiger partial charge is 0.497 e. The monoisotopic (exact) mass is 209 g/mol. The van der Waals surface area contributed by atoms with Crippen molar-refractivity contribution in [3.8, 4) is 16.9 Å². The van der Waals surface area contributed by atoms with Gasteiger partial charge in [0.25, 0.3) is 0 Å². The molecule has 0 aliphatic carbocycles. The number of thioether (sulfide) groups is 1. The predicted molar refractivity (Wildman–Crippen MR) is 56.5 cm³/mol. The number of ether oxygens (including phenoxy) is 2. The van der Waals surface area contributed by atoms with Crippen LogP contribution in [-0.4, -0.2) is 14.2 Å². The van der Waals surface area contributed by atoms with Crippen LogP contribution in [0.15, 0.2) is 18.2 Å². The summed E-state index contributed by atoms with van der Waals surface area (Å²) in [7, 11) is 3.22. The second kappa shape index (κ2) is 5.40. The Balaban J connectivity index is 2.88. The minimum absolute atomic E-state index is 0.629. The minimum atomic E-state index is 0.629. The Morgan fingerprint density at radius 2 is 2.14 bits per heavy atom. The van der Waals surface area contributed by atoms with Gasteiger partial charge in [-0.2, -0.15) is 5.26 Å². The molecule has 0 saturated heterocycles. The lowest BCUT2D eigenvalue weighted by Crippen LogP contribution is -1.91. The van der Waals surface area contributed by atoms with Gasteiger partial charge in [0.2, 0.25) is 0 Å². The minimum Gasteiger partial charge on any atom is -0.497 e. The van der Waals surface area contributed by atoms with E-state index < -0.39 is 0 Å². The van der Waals surface area contributed by atoms with Crippen LogP contribution in [0.25, 0.3) is 0 Å². The van der Waals surface area contributed by atoms with Crippen LogP contribution in [0.5, 0.6) is 11.5 Å². The summed E-state index contributed by atoms with van der Waals surface area (Å²) in [5, 5.41) is 10.5. The molecular formula is C10H11NO2S. The number of rotatable bonds is 4. The molecule has 0 saturated carbocycles. The molecule has 3 nitrogen and oxygen atoms in total. The van der Waals surface area contributed by atoms with Crippen LogP contribution in [-0.2, 0) is 5.75 Å². The van der Waals surface area contributed by atoms with E-state index in [1.165, 1.54) is 11.8 Å². The second-order valence-corrected chi connectivity index (χ2v) is 3.32. The highest BCUT2D eigenvalue weighted by Crippen LogP contribution is 2.27. The SMILES string of the molecule is COc1ccc(CSC#N)c(OC)c1. The first-order valence-corrected chi connectivity index (χ1v) is 5.02. The number of hydrogen-bond donors (Lipinski definition) is 0. The third kappa shape index (κ3) is 2.57. The Bertz CT molecular complexity index is 346. The van der Waals surface area contributed by atoms with Gasteiger partial charge in [-0.1, -0.05) is 6.07 Å². The molecule has 0 unspecified atom stereocenters. The summed E-state index contributed by atoms with van der Waals surface area (Å²) in [5.41, 5.74) is 1.000. The maximum absolute atomic E-state index is 8.44. The Kier molecular flexibility index (Phi) is 4.14. The van der Waals surface area contributed by atoms with E-state index >= 15 is 0 Å². The fourth-order valence-electron chi connectivity index (χ4n) is 1.08. The molecular weight excluding hydrogens is 198 g/mol. The Morgan fingerprint density at radius 3 is 2.71 bits per heavy atom. The van der Waals surface area contributed by atoms with E-state index in [-0.39, 0.29) is 0 Å². The van der Waals surface area contributed by atoms with Gasteiger partial charge in [-0.15, -0.1) is 0 Å². The van der Waals surface area contributed by atoms with E-state index in [0.717, 1.165) is 17.1 Å². The number of thiocyanates is 1. The first-order valence-electron chi connectivity index (χ1n) is 4.03. The molecule has 14 heavy (non-hydrogen) atoms. The lowest BCUT2D eigenvalue weighted by Gasteiger charge is -2.08. The summed E-state index contributed by atoms with van der Waals surface area (Å²) in [6.07, 6.45) is 0. The van der Waals surface area contributed by atoms with Gasteiger partial charge in [0.1, 0.15) is 16.9 Å². The highest BCUT2D eigenvalue weighted by atomic mass is 32.2. The molecule has 1 aromatic rings. The lowest BCUT2D eigenvalue weighted by molar-refractivity contribution is 0.392. The summed E-state index contributed by atoms with van der Waals surface area (Å²) in [4.78, 5) is 0. The van der Waals surface area contributed by atoms with Gasteiger partial charge in [0, 0.05) is 17.4 Å². The van der Waals surface area contributed by atoms with E-state index in [1.807, 2.05) is 23.6 Å². The average molecular weight is 209 g/mol. The molecule has 0 aliphatic heterocycles. The number of nitriles is 1. The quantitative estimate of drug-likeness (QED) is 0.714. The molecule has 1 aromatic carbocycles. The van der Waals surface area contributed by atoms with Gasteiger partial charge >= 0.3 is 0 Å². The molecule has 4 heteroatoms. The number of methoxy groups -OCH3 is 2. The Labute approximate surface area is 87.6 Å². The van der Waals surface area contributed by atoms with Gasteiger partial charge in [0.15, 0.2) is 0 Å². The zero-order valence-electron chi connectivity index (χ0n) is 8.11. The first-order chi connectivity index (χ1) is 6.81. The van der Waals surface area contributed by atoms with E-state index in [2.05, 4.69) is 0 Å². The van der Waals surface area contributed by atoms with Crippen molar-refractivity contribution in [1.29, 1.82) is 5.26 Å². The van der Waals surface area contributed by atoms with E-state index in [0.29, 0.717) is 5.75 Å². The summed E-state index contributed by atoms with van der Waals surface area (Å²) in [5.74, 6) is 2.14. The molecule has 0 spiro atoms. The molecule has 74 valence electrons. The molecule has 0 heterocycles. The van der Waals surface area contributed by atoms with E-state index in [9.17, 15) is 0 Å². The standard InChI is InChI=1S/C10H11NO2S/c1-12-9-4-3-8(6-14-7-11)10(5-9)13-2/h3-5H,6H2,1-2H3. The number of nitrogens with zero attached hydrogens (tertiary/aromatic N) is 1. The zero-order valence-corrected chi connectivity index (χ0v) is 8.93. The Hall–Kier alpha value is -1.34. The molecule has 0 atom stereocenters. The average Bonchev–Trinajstić information content (AvgIpc) is 2.26. The normalized spacial score (nSPS) is 9.21. The van der Waals surface area contributed by atoms with Crippen molar-refractivity contribution < 1.29 is 9.47 Å². The molecule has 0 amide bonds. The summed E-state index contributed by atoms with van der Waals surface area (Å²) in [6.45, 7) is 0. The second-order valence-electron chi connectivity index (χ2n) is 2.56. The van der Waals surface area contributed by atoms with Crippen molar-refractivity contribution in [2.75, 3.05) is 14.2 Å². The van der Waals surface area contributed by atoms with Crippen LogP contribution in [0.2, 0.25) is 0 Å². The lowest BCUT2D eigenvalue weighted by atomic mass is 10.2.